The topological polar surface area (TPSA) is 37.4 Å². The van der Waals surface area contributed by atoms with Crippen molar-refractivity contribution in [2.75, 3.05) is 13.1 Å². The fraction of sp³-hybridized carbons (Fsp3) is 0.444. The third-order valence-corrected chi connectivity index (χ3v) is 5.78. The Kier molecular flexibility index (Phi) is 5.98. The van der Waals surface area contributed by atoms with E-state index in [9.17, 15) is 8.42 Å². The second-order valence-corrected chi connectivity index (χ2v) is 7.56. The summed E-state index contributed by atoms with van der Waals surface area (Å²) in [4.78, 5) is 0.401. The first-order chi connectivity index (χ1) is 10.6. The molecule has 0 N–H and O–H groups in total. The van der Waals surface area contributed by atoms with Gasteiger partial charge in [0.15, 0.2) is 0 Å². The van der Waals surface area contributed by atoms with E-state index < -0.39 is 10.0 Å². The van der Waals surface area contributed by atoms with Crippen LogP contribution in [0.4, 0.5) is 0 Å². The molecule has 0 saturated heterocycles. The zero-order chi connectivity index (χ0) is 16.0. The van der Waals surface area contributed by atoms with Crippen LogP contribution in [0.15, 0.2) is 47.4 Å². The summed E-state index contributed by atoms with van der Waals surface area (Å²) < 4.78 is 27.5. The summed E-state index contributed by atoms with van der Waals surface area (Å²) in [6.45, 7) is 5.37. The lowest BCUT2D eigenvalue weighted by atomic mass is 10.1. The lowest BCUT2D eigenvalue weighted by Crippen LogP contribution is -2.33. The van der Waals surface area contributed by atoms with Gasteiger partial charge in [0.2, 0.25) is 10.0 Å². The molecule has 2 rings (SSSR count). The highest BCUT2D eigenvalue weighted by Gasteiger charge is 2.23. The molecule has 22 heavy (non-hydrogen) atoms. The second-order valence-electron chi connectivity index (χ2n) is 5.62. The van der Waals surface area contributed by atoms with Crippen LogP contribution in [0, 0.1) is 0 Å². The lowest BCUT2D eigenvalue weighted by molar-refractivity contribution is 0.395. The van der Waals surface area contributed by atoms with Gasteiger partial charge < -0.3 is 0 Å². The average molecular weight is 319 g/mol. The van der Waals surface area contributed by atoms with Gasteiger partial charge >= 0.3 is 0 Å². The van der Waals surface area contributed by atoms with Gasteiger partial charge in [0, 0.05) is 13.1 Å². The Morgan fingerprint density at radius 2 is 1.45 bits per heavy atom. The molecule has 0 atom stereocenters. The number of hydrogen-bond acceptors (Lipinski definition) is 2. The monoisotopic (exact) mass is 319 g/mol. The van der Waals surface area contributed by atoms with Crippen LogP contribution >= 0.6 is 0 Å². The molecule has 0 amide bonds. The van der Waals surface area contributed by atoms with Crippen molar-refractivity contribution in [3.63, 3.8) is 0 Å². The molecule has 2 aromatic rings. The molecule has 0 radical (unpaired) electrons. The van der Waals surface area contributed by atoms with E-state index in [0.29, 0.717) is 18.0 Å². The Morgan fingerprint density at radius 1 is 0.864 bits per heavy atom. The summed E-state index contributed by atoms with van der Waals surface area (Å²) in [7, 11) is -3.40. The Morgan fingerprint density at radius 3 is 2.05 bits per heavy atom. The minimum atomic E-state index is -3.40. The maximum Gasteiger partial charge on any atom is 0.243 e. The smallest absolute Gasteiger partial charge is 0.207 e. The van der Waals surface area contributed by atoms with E-state index >= 15 is 0 Å². The van der Waals surface area contributed by atoms with Crippen molar-refractivity contribution in [3.8, 4) is 0 Å². The van der Waals surface area contributed by atoms with E-state index in [2.05, 4.69) is 13.8 Å². The van der Waals surface area contributed by atoms with E-state index in [1.165, 1.54) is 0 Å². The minimum absolute atomic E-state index is 0.401. The molecule has 4 heteroatoms. The average Bonchev–Trinajstić information content (AvgIpc) is 2.54. The third kappa shape index (κ3) is 3.87. The number of sulfonamides is 1. The number of unbranched alkanes of at least 4 members (excludes halogenated alkanes) is 2. The van der Waals surface area contributed by atoms with Crippen LogP contribution in [0.2, 0.25) is 0 Å². The molecule has 0 aromatic heterocycles. The Balaban J connectivity index is 2.34. The fourth-order valence-electron chi connectivity index (χ4n) is 2.50. The molecular weight excluding hydrogens is 294 g/mol. The van der Waals surface area contributed by atoms with Crippen LogP contribution < -0.4 is 0 Å². The largest absolute Gasteiger partial charge is 0.243 e. The first-order valence-corrected chi connectivity index (χ1v) is 9.52. The number of benzene rings is 2. The summed E-state index contributed by atoms with van der Waals surface area (Å²) in [5, 5.41) is 2.03. The van der Waals surface area contributed by atoms with Crippen molar-refractivity contribution in [3.05, 3.63) is 42.5 Å². The normalized spacial score (nSPS) is 12.1. The molecule has 0 aliphatic heterocycles. The van der Waals surface area contributed by atoms with Crippen molar-refractivity contribution in [2.24, 2.45) is 0 Å². The van der Waals surface area contributed by atoms with Gasteiger partial charge in [-0.15, -0.1) is 0 Å². The fourth-order valence-corrected chi connectivity index (χ4v) is 4.05. The highest BCUT2D eigenvalue weighted by atomic mass is 32.2. The van der Waals surface area contributed by atoms with Crippen LogP contribution in [-0.2, 0) is 10.0 Å². The van der Waals surface area contributed by atoms with E-state index in [0.717, 1.165) is 36.5 Å². The van der Waals surface area contributed by atoms with Crippen LogP contribution in [0.3, 0.4) is 0 Å². The van der Waals surface area contributed by atoms with Gasteiger partial charge in [-0.05, 0) is 35.7 Å². The van der Waals surface area contributed by atoms with Gasteiger partial charge in [0.1, 0.15) is 0 Å². The van der Waals surface area contributed by atoms with Crippen LogP contribution in [0.25, 0.3) is 10.8 Å². The van der Waals surface area contributed by atoms with Crippen molar-refractivity contribution in [1.82, 2.24) is 4.31 Å². The third-order valence-electron chi connectivity index (χ3n) is 3.88. The van der Waals surface area contributed by atoms with Gasteiger partial charge in [-0.2, -0.15) is 4.31 Å². The second kappa shape index (κ2) is 7.75. The molecule has 0 spiro atoms. The van der Waals surface area contributed by atoms with Gasteiger partial charge in [-0.1, -0.05) is 57.0 Å². The quantitative estimate of drug-likeness (QED) is 0.722. The number of nitrogens with zero attached hydrogens (tertiary/aromatic N) is 1. The maximum atomic E-state index is 12.9. The summed E-state index contributed by atoms with van der Waals surface area (Å²) in [6.07, 6.45) is 3.79. The Labute approximate surface area is 134 Å². The number of hydrogen-bond donors (Lipinski definition) is 0. The number of rotatable bonds is 8. The molecule has 0 bridgehead atoms. The highest BCUT2D eigenvalue weighted by Crippen LogP contribution is 2.22. The zero-order valence-corrected chi connectivity index (χ0v) is 14.3. The molecular formula is C18H25NO2S. The summed E-state index contributed by atoms with van der Waals surface area (Å²) in [5.74, 6) is 0. The van der Waals surface area contributed by atoms with Gasteiger partial charge in [-0.25, -0.2) is 8.42 Å². The molecule has 0 saturated carbocycles. The van der Waals surface area contributed by atoms with E-state index in [-0.39, 0.29) is 0 Å². The molecule has 2 aromatic carbocycles. The van der Waals surface area contributed by atoms with Crippen LogP contribution in [-0.4, -0.2) is 25.8 Å². The molecule has 0 aliphatic rings. The molecule has 0 aliphatic carbocycles. The van der Waals surface area contributed by atoms with Gasteiger partial charge in [0.25, 0.3) is 0 Å². The molecule has 0 unspecified atom stereocenters. The van der Waals surface area contributed by atoms with E-state index in [1.54, 1.807) is 16.4 Å². The van der Waals surface area contributed by atoms with Crippen molar-refractivity contribution in [2.45, 2.75) is 44.4 Å². The molecule has 0 fully saturated rings. The SMILES string of the molecule is CCCCN(CCCC)S(=O)(=O)c1ccc2ccccc2c1. The van der Waals surface area contributed by atoms with Crippen molar-refractivity contribution < 1.29 is 8.42 Å². The van der Waals surface area contributed by atoms with Crippen molar-refractivity contribution in [1.29, 1.82) is 0 Å². The standard InChI is InChI=1S/C18H25NO2S/c1-3-5-13-19(14-6-4-2)22(20,21)18-12-11-16-9-7-8-10-17(16)15-18/h7-12,15H,3-6,13-14H2,1-2H3. The first-order valence-electron chi connectivity index (χ1n) is 8.08. The summed E-state index contributed by atoms with van der Waals surface area (Å²) >= 11 is 0. The highest BCUT2D eigenvalue weighted by molar-refractivity contribution is 7.89. The predicted molar refractivity (Wildman–Crippen MR) is 92.5 cm³/mol. The Hall–Kier alpha value is -1.39. The zero-order valence-electron chi connectivity index (χ0n) is 13.5. The van der Waals surface area contributed by atoms with Crippen LogP contribution in [0.5, 0.6) is 0 Å². The van der Waals surface area contributed by atoms with E-state index in [4.69, 9.17) is 0 Å². The van der Waals surface area contributed by atoms with E-state index in [1.807, 2.05) is 30.3 Å². The van der Waals surface area contributed by atoms with Gasteiger partial charge in [0.05, 0.1) is 4.90 Å². The molecule has 120 valence electrons. The summed E-state index contributed by atoms with van der Waals surface area (Å²) in [5.41, 5.74) is 0. The molecule has 3 nitrogen and oxygen atoms in total. The predicted octanol–water partition coefficient (Wildman–Crippen LogP) is 4.43. The lowest BCUT2D eigenvalue weighted by Gasteiger charge is -2.22. The minimum Gasteiger partial charge on any atom is -0.207 e. The maximum absolute atomic E-state index is 12.9. The van der Waals surface area contributed by atoms with Crippen LogP contribution in [0.1, 0.15) is 39.5 Å². The summed E-state index contributed by atoms with van der Waals surface area (Å²) in [6, 6.07) is 13.3. The molecule has 0 heterocycles. The van der Waals surface area contributed by atoms with Gasteiger partial charge in [-0.3, -0.25) is 0 Å². The Bertz CT molecular complexity index is 702. The number of fused-ring (bicyclic) bond motifs is 1. The van der Waals surface area contributed by atoms with Crippen molar-refractivity contribution >= 4 is 20.8 Å². The first kappa shape index (κ1) is 17.0.